The highest BCUT2D eigenvalue weighted by Gasteiger charge is 2.14. The first-order valence-electron chi connectivity index (χ1n) is 3.05. The molecule has 0 aliphatic carbocycles. The molecule has 0 saturated carbocycles. The van der Waals surface area contributed by atoms with Crippen molar-refractivity contribution < 1.29 is 4.79 Å². The van der Waals surface area contributed by atoms with Gasteiger partial charge in [0.25, 0.3) is 5.91 Å². The highest BCUT2D eigenvalue weighted by molar-refractivity contribution is 5.99. The van der Waals surface area contributed by atoms with Crippen molar-refractivity contribution in [3.63, 3.8) is 0 Å². The number of hydrogen-bond donors (Lipinski definition) is 0. The minimum Gasteiger partial charge on any atom is -0.269 e. The minimum atomic E-state index is -0.00407. The van der Waals surface area contributed by atoms with E-state index in [1.807, 2.05) is 6.92 Å². The number of carbonyl (C=O) groups is 1. The number of imidazole rings is 1. The number of aromatic nitrogens is 2. The minimum absolute atomic E-state index is 0.00407. The van der Waals surface area contributed by atoms with E-state index in [4.69, 9.17) is 0 Å². The summed E-state index contributed by atoms with van der Waals surface area (Å²) in [6.45, 7) is 1.88. The van der Waals surface area contributed by atoms with E-state index in [1.165, 1.54) is 4.57 Å². The van der Waals surface area contributed by atoms with Gasteiger partial charge in [0.1, 0.15) is 6.33 Å². The normalized spacial score (nSPS) is 14.3. The van der Waals surface area contributed by atoms with Crippen LogP contribution in [0, 0.1) is 6.92 Å². The zero-order valence-corrected chi connectivity index (χ0v) is 5.53. The first-order chi connectivity index (χ1) is 4.79. The Morgan fingerprint density at radius 1 is 1.50 bits per heavy atom. The molecule has 0 saturated heterocycles. The highest BCUT2D eigenvalue weighted by atomic mass is 16.2. The van der Waals surface area contributed by atoms with Gasteiger partial charge in [-0.15, -0.1) is 0 Å². The molecular formula is C7H6N2O. The Morgan fingerprint density at radius 3 is 3.00 bits per heavy atom. The smallest absolute Gasteiger partial charge is 0.256 e. The topological polar surface area (TPSA) is 34.9 Å². The fraction of sp³-hybridized carbons (Fsp3) is 0.143. The van der Waals surface area contributed by atoms with Gasteiger partial charge in [0.05, 0.1) is 11.4 Å². The second-order valence-corrected chi connectivity index (χ2v) is 2.26. The fourth-order valence-electron chi connectivity index (χ4n) is 1.05. The van der Waals surface area contributed by atoms with Crippen LogP contribution in [0.3, 0.4) is 0 Å². The Bertz CT molecular complexity index is 322. The van der Waals surface area contributed by atoms with Gasteiger partial charge in [-0.2, -0.15) is 0 Å². The van der Waals surface area contributed by atoms with E-state index in [-0.39, 0.29) is 5.91 Å². The maximum absolute atomic E-state index is 10.9. The monoisotopic (exact) mass is 134 g/mol. The first-order valence-corrected chi connectivity index (χ1v) is 3.05. The number of nitrogens with zero attached hydrogens (tertiary/aromatic N) is 2. The van der Waals surface area contributed by atoms with E-state index >= 15 is 0 Å². The van der Waals surface area contributed by atoms with E-state index in [9.17, 15) is 4.79 Å². The van der Waals surface area contributed by atoms with Gasteiger partial charge in [0, 0.05) is 6.08 Å². The van der Waals surface area contributed by atoms with Crippen molar-refractivity contribution in [2.24, 2.45) is 0 Å². The molecule has 2 rings (SSSR count). The Balaban J connectivity index is 2.73. The molecule has 10 heavy (non-hydrogen) atoms. The van der Waals surface area contributed by atoms with E-state index in [1.54, 1.807) is 18.5 Å². The predicted molar refractivity (Wildman–Crippen MR) is 36.6 cm³/mol. The van der Waals surface area contributed by atoms with Crippen LogP contribution >= 0.6 is 0 Å². The van der Waals surface area contributed by atoms with Gasteiger partial charge in [-0.3, -0.25) is 9.36 Å². The van der Waals surface area contributed by atoms with Crippen molar-refractivity contribution in [3.05, 3.63) is 23.8 Å². The molecule has 1 aromatic heterocycles. The molecular weight excluding hydrogens is 128 g/mol. The average Bonchev–Trinajstić information content (AvgIpc) is 2.41. The van der Waals surface area contributed by atoms with Gasteiger partial charge in [0.2, 0.25) is 0 Å². The number of aryl methyl sites for hydroxylation is 1. The lowest BCUT2D eigenvalue weighted by Gasteiger charge is -1.89. The van der Waals surface area contributed by atoms with E-state index < -0.39 is 0 Å². The molecule has 3 heteroatoms. The van der Waals surface area contributed by atoms with Crippen molar-refractivity contribution in [3.8, 4) is 0 Å². The molecule has 0 unspecified atom stereocenters. The molecule has 0 fully saturated rings. The predicted octanol–water partition coefficient (Wildman–Crippen LogP) is 0.859. The summed E-state index contributed by atoms with van der Waals surface area (Å²) in [5.41, 5.74) is 1.81. The van der Waals surface area contributed by atoms with Crippen molar-refractivity contribution in [1.29, 1.82) is 0 Å². The molecule has 50 valence electrons. The van der Waals surface area contributed by atoms with Gasteiger partial charge in [-0.25, -0.2) is 4.98 Å². The Kier molecular flexibility index (Phi) is 0.845. The van der Waals surface area contributed by atoms with Gasteiger partial charge in [-0.05, 0) is 13.0 Å². The van der Waals surface area contributed by atoms with Gasteiger partial charge in [0.15, 0.2) is 0 Å². The van der Waals surface area contributed by atoms with Crippen LogP contribution in [0.1, 0.15) is 16.2 Å². The summed E-state index contributed by atoms with van der Waals surface area (Å²) < 4.78 is 1.54. The standard InChI is InChI=1S/C7H6N2O/c1-5-6-2-3-7(10)9(6)4-8-5/h2-4H,1H3. The van der Waals surface area contributed by atoms with Gasteiger partial charge in [-0.1, -0.05) is 0 Å². The summed E-state index contributed by atoms with van der Waals surface area (Å²) in [4.78, 5) is 14.9. The summed E-state index contributed by atoms with van der Waals surface area (Å²) in [6.07, 6.45) is 4.88. The molecule has 1 aliphatic rings. The highest BCUT2D eigenvalue weighted by Crippen LogP contribution is 2.13. The molecule has 0 radical (unpaired) electrons. The second-order valence-electron chi connectivity index (χ2n) is 2.26. The summed E-state index contributed by atoms with van der Waals surface area (Å²) >= 11 is 0. The number of allylic oxidation sites excluding steroid dienone is 1. The molecule has 3 nitrogen and oxygen atoms in total. The molecule has 0 atom stereocenters. The van der Waals surface area contributed by atoms with E-state index in [2.05, 4.69) is 4.98 Å². The fourth-order valence-corrected chi connectivity index (χ4v) is 1.05. The molecule has 0 spiro atoms. The molecule has 0 bridgehead atoms. The first kappa shape index (κ1) is 5.41. The van der Waals surface area contributed by atoms with E-state index in [0.717, 1.165) is 11.4 Å². The van der Waals surface area contributed by atoms with Crippen LogP contribution in [0.4, 0.5) is 0 Å². The SMILES string of the molecule is Cc1ncn2c1C=CC2=O. The van der Waals surface area contributed by atoms with Crippen LogP contribution in [0.5, 0.6) is 0 Å². The molecule has 1 aromatic rings. The lowest BCUT2D eigenvalue weighted by atomic mass is 10.3. The molecule has 0 amide bonds. The van der Waals surface area contributed by atoms with Crippen LogP contribution in [-0.2, 0) is 0 Å². The van der Waals surface area contributed by atoms with Crippen LogP contribution in [0.2, 0.25) is 0 Å². The maximum atomic E-state index is 10.9. The lowest BCUT2D eigenvalue weighted by molar-refractivity contribution is 0.0974. The summed E-state index contributed by atoms with van der Waals surface area (Å²) in [5.74, 6) is -0.00407. The van der Waals surface area contributed by atoms with Crippen LogP contribution < -0.4 is 0 Å². The third-order valence-corrected chi connectivity index (χ3v) is 1.62. The van der Waals surface area contributed by atoms with Gasteiger partial charge >= 0.3 is 0 Å². The van der Waals surface area contributed by atoms with Crippen LogP contribution in [0.15, 0.2) is 12.4 Å². The summed E-state index contributed by atoms with van der Waals surface area (Å²) in [5, 5.41) is 0. The molecule has 0 aromatic carbocycles. The van der Waals surface area contributed by atoms with Crippen LogP contribution in [-0.4, -0.2) is 15.5 Å². The third-order valence-electron chi connectivity index (χ3n) is 1.62. The Labute approximate surface area is 58.0 Å². The zero-order chi connectivity index (χ0) is 7.14. The van der Waals surface area contributed by atoms with Crippen molar-refractivity contribution in [1.82, 2.24) is 9.55 Å². The number of fused-ring (bicyclic) bond motifs is 1. The largest absolute Gasteiger partial charge is 0.269 e. The maximum Gasteiger partial charge on any atom is 0.256 e. The Morgan fingerprint density at radius 2 is 2.30 bits per heavy atom. The quantitative estimate of drug-likeness (QED) is 0.527. The zero-order valence-electron chi connectivity index (χ0n) is 5.53. The van der Waals surface area contributed by atoms with Crippen molar-refractivity contribution in [2.45, 2.75) is 6.92 Å². The summed E-state index contributed by atoms with van der Waals surface area (Å²) in [6, 6.07) is 0. The van der Waals surface area contributed by atoms with Crippen LogP contribution in [0.25, 0.3) is 6.08 Å². The number of carbonyl (C=O) groups excluding carboxylic acids is 1. The second kappa shape index (κ2) is 1.56. The van der Waals surface area contributed by atoms with Crippen molar-refractivity contribution >= 4 is 12.0 Å². The van der Waals surface area contributed by atoms with E-state index in [0.29, 0.717) is 0 Å². The number of hydrogen-bond acceptors (Lipinski definition) is 2. The van der Waals surface area contributed by atoms with Gasteiger partial charge < -0.3 is 0 Å². The Hall–Kier alpha value is -1.38. The summed E-state index contributed by atoms with van der Waals surface area (Å²) in [7, 11) is 0. The van der Waals surface area contributed by atoms with Crippen molar-refractivity contribution in [2.75, 3.05) is 0 Å². The molecule has 0 N–H and O–H groups in total. The average molecular weight is 134 g/mol. The third kappa shape index (κ3) is 0.492. The molecule has 1 aliphatic heterocycles. The lowest BCUT2D eigenvalue weighted by Crippen LogP contribution is -2.01. The number of rotatable bonds is 0. The molecule has 2 heterocycles.